The Bertz CT molecular complexity index is 809. The lowest BCUT2D eigenvalue weighted by Crippen LogP contribution is -2.37. The zero-order chi connectivity index (χ0) is 20.8. The fraction of sp³-hybridized carbons (Fsp3) is 0.480. The van der Waals surface area contributed by atoms with E-state index >= 15 is 0 Å². The third-order valence-corrected chi connectivity index (χ3v) is 6.30. The number of amides is 1. The van der Waals surface area contributed by atoms with E-state index in [4.69, 9.17) is 4.74 Å². The van der Waals surface area contributed by atoms with Crippen LogP contribution in [-0.4, -0.2) is 49.1 Å². The summed E-state index contributed by atoms with van der Waals surface area (Å²) in [4.78, 5) is 17.0. The quantitative estimate of drug-likeness (QED) is 0.620. The second-order valence-corrected chi connectivity index (χ2v) is 8.43. The van der Waals surface area contributed by atoms with Gasteiger partial charge in [-0.15, -0.1) is 0 Å². The number of benzene rings is 2. The highest BCUT2D eigenvalue weighted by Crippen LogP contribution is 2.28. The van der Waals surface area contributed by atoms with E-state index in [9.17, 15) is 4.79 Å². The summed E-state index contributed by atoms with van der Waals surface area (Å²) in [6.45, 7) is 6.13. The van der Waals surface area contributed by atoms with Gasteiger partial charge in [-0.3, -0.25) is 4.79 Å². The molecular formula is C25H33N3O2. The van der Waals surface area contributed by atoms with Gasteiger partial charge in [-0.1, -0.05) is 18.2 Å². The second-order valence-electron chi connectivity index (χ2n) is 8.43. The highest BCUT2D eigenvalue weighted by Gasteiger charge is 2.31. The fourth-order valence-electron chi connectivity index (χ4n) is 4.57. The molecule has 0 aromatic heterocycles. The number of likely N-dealkylation sites (tertiary alicyclic amines) is 1. The van der Waals surface area contributed by atoms with Crippen molar-refractivity contribution in [3.8, 4) is 5.75 Å². The number of nitrogens with one attached hydrogen (secondary N) is 1. The van der Waals surface area contributed by atoms with Crippen LogP contribution in [0.15, 0.2) is 54.6 Å². The van der Waals surface area contributed by atoms with Crippen LogP contribution in [0.5, 0.6) is 5.75 Å². The molecule has 2 aromatic carbocycles. The van der Waals surface area contributed by atoms with Crippen LogP contribution in [0.2, 0.25) is 0 Å². The molecule has 2 aliphatic heterocycles. The number of carbonyl (C=O) groups is 1. The molecule has 0 radical (unpaired) electrons. The van der Waals surface area contributed by atoms with Crippen molar-refractivity contribution in [2.24, 2.45) is 0 Å². The minimum Gasteiger partial charge on any atom is -0.494 e. The predicted molar refractivity (Wildman–Crippen MR) is 122 cm³/mol. The Kier molecular flexibility index (Phi) is 6.90. The topological polar surface area (TPSA) is 44.8 Å². The van der Waals surface area contributed by atoms with Crippen molar-refractivity contribution >= 4 is 17.3 Å². The van der Waals surface area contributed by atoms with Crippen LogP contribution in [0.4, 0.5) is 11.4 Å². The van der Waals surface area contributed by atoms with E-state index in [1.165, 1.54) is 19.4 Å². The van der Waals surface area contributed by atoms with Crippen molar-refractivity contribution in [2.75, 3.05) is 36.5 Å². The minimum absolute atomic E-state index is 0.173. The summed E-state index contributed by atoms with van der Waals surface area (Å²) in [6.07, 6.45) is 5.17. The van der Waals surface area contributed by atoms with Gasteiger partial charge in [-0.2, -0.15) is 0 Å². The number of rotatable bonds is 9. The van der Waals surface area contributed by atoms with Crippen LogP contribution in [0.25, 0.3) is 0 Å². The molecule has 2 saturated heterocycles. The monoisotopic (exact) mass is 407 g/mol. The van der Waals surface area contributed by atoms with Gasteiger partial charge >= 0.3 is 0 Å². The largest absolute Gasteiger partial charge is 0.494 e. The van der Waals surface area contributed by atoms with E-state index in [1.807, 2.05) is 47.4 Å². The molecule has 0 saturated carbocycles. The average Bonchev–Trinajstić information content (AvgIpc) is 3.36. The summed E-state index contributed by atoms with van der Waals surface area (Å²) in [5.41, 5.74) is 2.04. The summed E-state index contributed by atoms with van der Waals surface area (Å²) >= 11 is 0. The zero-order valence-corrected chi connectivity index (χ0v) is 17.9. The Morgan fingerprint density at radius 3 is 2.60 bits per heavy atom. The summed E-state index contributed by atoms with van der Waals surface area (Å²) in [5.74, 6) is 1.07. The van der Waals surface area contributed by atoms with Gasteiger partial charge in [0.25, 0.3) is 0 Å². The smallest absolute Gasteiger partial charge is 0.227 e. The van der Waals surface area contributed by atoms with Gasteiger partial charge in [0.05, 0.1) is 12.6 Å². The lowest BCUT2D eigenvalue weighted by Gasteiger charge is -2.26. The van der Waals surface area contributed by atoms with Gasteiger partial charge in [-0.25, -0.2) is 0 Å². The predicted octanol–water partition coefficient (Wildman–Crippen LogP) is 4.55. The normalized spacial score (nSPS) is 21.9. The molecule has 160 valence electrons. The first-order valence-corrected chi connectivity index (χ1v) is 11.3. The molecule has 0 bridgehead atoms. The second kappa shape index (κ2) is 9.98. The zero-order valence-electron chi connectivity index (χ0n) is 17.9. The molecule has 1 amide bonds. The van der Waals surface area contributed by atoms with Crippen molar-refractivity contribution in [1.82, 2.24) is 4.90 Å². The third kappa shape index (κ3) is 5.14. The summed E-state index contributed by atoms with van der Waals surface area (Å²) in [6, 6.07) is 19.0. The van der Waals surface area contributed by atoms with Crippen LogP contribution in [-0.2, 0) is 4.79 Å². The Balaban J connectivity index is 1.27. The molecular weight excluding hydrogens is 374 g/mol. The standard InChI is InChI=1S/C25H33N3O2/c1-20-7-5-16-27(20)17-6-18-30-24-13-10-22(11-14-24)28-23(12-15-25(28)29)19-26-21-8-3-2-4-9-21/h2-4,8-11,13-14,20,23,26H,5-7,12,15-19H2,1H3. The maximum Gasteiger partial charge on any atom is 0.227 e. The maximum absolute atomic E-state index is 12.5. The van der Waals surface area contributed by atoms with Crippen LogP contribution in [0, 0.1) is 0 Å². The number of hydrogen-bond acceptors (Lipinski definition) is 4. The van der Waals surface area contributed by atoms with Crippen LogP contribution in [0.1, 0.15) is 39.0 Å². The summed E-state index contributed by atoms with van der Waals surface area (Å²) in [5, 5.41) is 3.46. The van der Waals surface area contributed by atoms with Gasteiger partial charge in [-0.05, 0) is 75.5 Å². The molecule has 2 fully saturated rings. The number of nitrogens with zero attached hydrogens (tertiary/aromatic N) is 2. The van der Waals surface area contributed by atoms with Gasteiger partial charge in [0.15, 0.2) is 0 Å². The van der Waals surface area contributed by atoms with E-state index in [2.05, 4.69) is 29.3 Å². The first-order valence-electron chi connectivity index (χ1n) is 11.3. The average molecular weight is 408 g/mol. The Morgan fingerprint density at radius 1 is 1.07 bits per heavy atom. The third-order valence-electron chi connectivity index (χ3n) is 6.30. The van der Waals surface area contributed by atoms with E-state index in [0.717, 1.165) is 49.7 Å². The first-order chi connectivity index (χ1) is 14.7. The Morgan fingerprint density at radius 2 is 1.87 bits per heavy atom. The highest BCUT2D eigenvalue weighted by atomic mass is 16.5. The van der Waals surface area contributed by atoms with Crippen LogP contribution >= 0.6 is 0 Å². The van der Waals surface area contributed by atoms with Gasteiger partial charge in [0.1, 0.15) is 5.75 Å². The molecule has 0 aliphatic carbocycles. The molecule has 4 rings (SSSR count). The molecule has 2 unspecified atom stereocenters. The van der Waals surface area contributed by atoms with E-state index in [1.54, 1.807) is 0 Å². The number of ether oxygens (including phenoxy) is 1. The molecule has 1 N–H and O–H groups in total. The molecule has 5 nitrogen and oxygen atoms in total. The molecule has 2 heterocycles. The lowest BCUT2D eigenvalue weighted by molar-refractivity contribution is -0.117. The van der Waals surface area contributed by atoms with Crippen molar-refractivity contribution in [3.63, 3.8) is 0 Å². The van der Waals surface area contributed by atoms with Crippen LogP contribution < -0.4 is 15.0 Å². The van der Waals surface area contributed by atoms with Gasteiger partial charge < -0.3 is 19.9 Å². The van der Waals surface area contributed by atoms with Crippen molar-refractivity contribution < 1.29 is 9.53 Å². The van der Waals surface area contributed by atoms with E-state index in [0.29, 0.717) is 12.5 Å². The van der Waals surface area contributed by atoms with Crippen molar-refractivity contribution in [1.29, 1.82) is 0 Å². The van der Waals surface area contributed by atoms with Crippen molar-refractivity contribution in [3.05, 3.63) is 54.6 Å². The van der Waals surface area contributed by atoms with Crippen molar-refractivity contribution in [2.45, 2.75) is 51.1 Å². The summed E-state index contributed by atoms with van der Waals surface area (Å²) in [7, 11) is 0. The number of para-hydroxylation sites is 1. The SMILES string of the molecule is CC1CCCN1CCCOc1ccc(N2C(=O)CCC2CNc2ccccc2)cc1. The lowest BCUT2D eigenvalue weighted by atomic mass is 10.2. The van der Waals surface area contributed by atoms with E-state index in [-0.39, 0.29) is 11.9 Å². The number of hydrogen-bond donors (Lipinski definition) is 1. The van der Waals surface area contributed by atoms with Gasteiger partial charge in [0.2, 0.25) is 5.91 Å². The molecule has 2 aromatic rings. The fourth-order valence-corrected chi connectivity index (χ4v) is 4.57. The first kappa shape index (κ1) is 20.7. The highest BCUT2D eigenvalue weighted by molar-refractivity contribution is 5.96. The Labute approximate surface area is 180 Å². The molecule has 30 heavy (non-hydrogen) atoms. The number of carbonyl (C=O) groups excluding carboxylic acids is 1. The van der Waals surface area contributed by atoms with Crippen LogP contribution in [0.3, 0.4) is 0 Å². The molecule has 0 spiro atoms. The molecule has 2 atom stereocenters. The Hall–Kier alpha value is -2.53. The maximum atomic E-state index is 12.5. The number of anilines is 2. The minimum atomic E-state index is 0.173. The molecule has 5 heteroatoms. The molecule has 2 aliphatic rings. The van der Waals surface area contributed by atoms with E-state index < -0.39 is 0 Å². The summed E-state index contributed by atoms with van der Waals surface area (Å²) < 4.78 is 5.94. The van der Waals surface area contributed by atoms with Gasteiger partial charge in [0, 0.05) is 36.9 Å².